The van der Waals surface area contributed by atoms with Crippen molar-refractivity contribution in [3.63, 3.8) is 0 Å². The van der Waals surface area contributed by atoms with E-state index in [0.29, 0.717) is 6.61 Å². The van der Waals surface area contributed by atoms with Gasteiger partial charge < -0.3 is 15.4 Å². The van der Waals surface area contributed by atoms with E-state index in [1.807, 2.05) is 24.3 Å². The third-order valence-corrected chi connectivity index (χ3v) is 3.24. The van der Waals surface area contributed by atoms with Crippen molar-refractivity contribution >= 4 is 11.6 Å². The Kier molecular flexibility index (Phi) is 5.21. The van der Waals surface area contributed by atoms with E-state index in [4.69, 9.17) is 4.74 Å². The molecular weight excluding hydrogens is 240 g/mol. The van der Waals surface area contributed by atoms with Gasteiger partial charge in [0, 0.05) is 18.3 Å². The summed E-state index contributed by atoms with van der Waals surface area (Å²) in [6.45, 7) is 4.56. The Hall–Kier alpha value is -1.55. The van der Waals surface area contributed by atoms with Crippen molar-refractivity contribution in [3.8, 4) is 5.75 Å². The molecule has 1 saturated heterocycles. The summed E-state index contributed by atoms with van der Waals surface area (Å²) in [4.78, 5) is 12.1. The fraction of sp³-hybridized carbons (Fsp3) is 0.533. The van der Waals surface area contributed by atoms with Crippen molar-refractivity contribution in [2.45, 2.75) is 26.2 Å². The van der Waals surface area contributed by atoms with Crippen LogP contribution in [0.25, 0.3) is 0 Å². The number of hydrogen-bond donors (Lipinski definition) is 2. The van der Waals surface area contributed by atoms with Crippen LogP contribution in [0.15, 0.2) is 24.3 Å². The number of carbonyl (C=O) groups excluding carboxylic acids is 1. The molecule has 1 atom stereocenters. The molecule has 1 aliphatic heterocycles. The lowest BCUT2D eigenvalue weighted by molar-refractivity contribution is -0.120. The van der Waals surface area contributed by atoms with Crippen molar-refractivity contribution in [2.24, 2.45) is 5.92 Å². The minimum atomic E-state index is 0.0777. The molecule has 1 heterocycles. The van der Waals surface area contributed by atoms with Gasteiger partial charge in [-0.05, 0) is 37.9 Å². The molecule has 1 fully saturated rings. The van der Waals surface area contributed by atoms with Gasteiger partial charge in [-0.1, -0.05) is 13.0 Å². The highest BCUT2D eigenvalue weighted by Gasteiger charge is 2.20. The monoisotopic (exact) mass is 262 g/mol. The lowest BCUT2D eigenvalue weighted by Crippen LogP contribution is -2.37. The highest BCUT2D eigenvalue weighted by molar-refractivity contribution is 5.92. The van der Waals surface area contributed by atoms with E-state index >= 15 is 0 Å². The number of rotatable bonds is 5. The average Bonchev–Trinajstić information content (AvgIpc) is 2.46. The van der Waals surface area contributed by atoms with Gasteiger partial charge in [0.15, 0.2) is 0 Å². The maximum Gasteiger partial charge on any atom is 0.228 e. The van der Waals surface area contributed by atoms with E-state index in [1.54, 1.807) is 0 Å². The number of anilines is 1. The highest BCUT2D eigenvalue weighted by Crippen LogP contribution is 2.19. The predicted octanol–water partition coefficient (Wildman–Crippen LogP) is 2.41. The van der Waals surface area contributed by atoms with E-state index < -0.39 is 0 Å². The first-order chi connectivity index (χ1) is 9.29. The van der Waals surface area contributed by atoms with E-state index in [-0.39, 0.29) is 11.8 Å². The predicted molar refractivity (Wildman–Crippen MR) is 76.5 cm³/mol. The minimum Gasteiger partial charge on any atom is -0.494 e. The second kappa shape index (κ2) is 7.14. The number of benzene rings is 1. The van der Waals surface area contributed by atoms with E-state index in [2.05, 4.69) is 17.6 Å². The summed E-state index contributed by atoms with van der Waals surface area (Å²) < 4.78 is 5.56. The molecule has 0 saturated carbocycles. The Bertz CT molecular complexity index is 414. The quantitative estimate of drug-likeness (QED) is 0.856. The maximum absolute atomic E-state index is 12.1. The molecule has 1 aromatic rings. The van der Waals surface area contributed by atoms with Gasteiger partial charge >= 0.3 is 0 Å². The number of nitrogens with one attached hydrogen (secondary N) is 2. The number of carbonyl (C=O) groups is 1. The third-order valence-electron chi connectivity index (χ3n) is 3.24. The molecule has 0 radical (unpaired) electrons. The number of piperidine rings is 1. The molecule has 0 bridgehead atoms. The van der Waals surface area contributed by atoms with Gasteiger partial charge in [-0.3, -0.25) is 4.79 Å². The Balaban J connectivity index is 1.92. The first-order valence-corrected chi connectivity index (χ1v) is 7.04. The van der Waals surface area contributed by atoms with Crippen LogP contribution in [-0.4, -0.2) is 25.6 Å². The zero-order chi connectivity index (χ0) is 13.5. The first kappa shape index (κ1) is 13.9. The Morgan fingerprint density at radius 1 is 1.53 bits per heavy atom. The van der Waals surface area contributed by atoms with E-state index in [0.717, 1.165) is 43.8 Å². The molecule has 1 amide bonds. The van der Waals surface area contributed by atoms with Gasteiger partial charge in [-0.25, -0.2) is 0 Å². The van der Waals surface area contributed by atoms with Crippen molar-refractivity contribution in [3.05, 3.63) is 24.3 Å². The van der Waals surface area contributed by atoms with Crippen LogP contribution in [-0.2, 0) is 4.79 Å². The second-order valence-corrected chi connectivity index (χ2v) is 4.91. The average molecular weight is 262 g/mol. The summed E-state index contributed by atoms with van der Waals surface area (Å²) in [5, 5.41) is 6.22. The van der Waals surface area contributed by atoms with Gasteiger partial charge in [0.25, 0.3) is 0 Å². The second-order valence-electron chi connectivity index (χ2n) is 4.91. The summed E-state index contributed by atoms with van der Waals surface area (Å²) in [5.41, 5.74) is 0.809. The van der Waals surface area contributed by atoms with Gasteiger partial charge in [-0.15, -0.1) is 0 Å². The van der Waals surface area contributed by atoms with Crippen LogP contribution in [0.5, 0.6) is 5.75 Å². The standard InChI is InChI=1S/C15H22N2O2/c1-2-9-19-14-7-3-6-13(10-14)17-15(18)12-5-4-8-16-11-12/h3,6-7,10,12,16H,2,4-5,8-9,11H2,1H3,(H,17,18). The summed E-state index contributed by atoms with van der Waals surface area (Å²) in [6, 6.07) is 7.59. The van der Waals surface area contributed by atoms with Crippen molar-refractivity contribution in [1.29, 1.82) is 0 Å². The van der Waals surface area contributed by atoms with Gasteiger partial charge in [0.2, 0.25) is 5.91 Å². The van der Waals surface area contributed by atoms with Crippen LogP contribution in [0.3, 0.4) is 0 Å². The Morgan fingerprint density at radius 2 is 2.42 bits per heavy atom. The molecule has 1 unspecified atom stereocenters. The number of amides is 1. The maximum atomic E-state index is 12.1. The molecule has 0 spiro atoms. The van der Waals surface area contributed by atoms with Crippen LogP contribution < -0.4 is 15.4 Å². The number of ether oxygens (including phenoxy) is 1. The Labute approximate surface area is 114 Å². The highest BCUT2D eigenvalue weighted by atomic mass is 16.5. The summed E-state index contributed by atoms with van der Waals surface area (Å²) in [7, 11) is 0. The van der Waals surface area contributed by atoms with Gasteiger partial charge in [0.05, 0.1) is 12.5 Å². The lowest BCUT2D eigenvalue weighted by atomic mass is 9.99. The molecule has 4 nitrogen and oxygen atoms in total. The first-order valence-electron chi connectivity index (χ1n) is 7.04. The van der Waals surface area contributed by atoms with Gasteiger partial charge in [0.1, 0.15) is 5.75 Å². The molecule has 4 heteroatoms. The molecule has 1 aliphatic rings. The van der Waals surface area contributed by atoms with Crippen LogP contribution >= 0.6 is 0 Å². The molecule has 2 N–H and O–H groups in total. The smallest absolute Gasteiger partial charge is 0.228 e. The largest absolute Gasteiger partial charge is 0.494 e. The molecular formula is C15H22N2O2. The van der Waals surface area contributed by atoms with Crippen molar-refractivity contribution in [1.82, 2.24) is 5.32 Å². The summed E-state index contributed by atoms with van der Waals surface area (Å²) in [5.74, 6) is 0.982. The molecule has 1 aromatic carbocycles. The minimum absolute atomic E-state index is 0.0777. The Morgan fingerprint density at radius 3 is 3.16 bits per heavy atom. The zero-order valence-electron chi connectivity index (χ0n) is 11.4. The normalized spacial score (nSPS) is 18.9. The fourth-order valence-electron chi connectivity index (χ4n) is 2.20. The molecule has 104 valence electrons. The van der Waals surface area contributed by atoms with Crippen LogP contribution in [0, 0.1) is 5.92 Å². The van der Waals surface area contributed by atoms with Crippen LogP contribution in [0.4, 0.5) is 5.69 Å². The van der Waals surface area contributed by atoms with E-state index in [9.17, 15) is 4.79 Å². The third kappa shape index (κ3) is 4.24. The SMILES string of the molecule is CCCOc1cccc(NC(=O)C2CCCNC2)c1. The van der Waals surface area contributed by atoms with Crippen molar-refractivity contribution in [2.75, 3.05) is 25.0 Å². The van der Waals surface area contributed by atoms with E-state index in [1.165, 1.54) is 0 Å². The van der Waals surface area contributed by atoms with Gasteiger partial charge in [-0.2, -0.15) is 0 Å². The zero-order valence-corrected chi connectivity index (χ0v) is 11.4. The molecule has 2 rings (SSSR count). The molecule has 0 aliphatic carbocycles. The fourth-order valence-corrected chi connectivity index (χ4v) is 2.20. The molecule has 0 aromatic heterocycles. The summed E-state index contributed by atoms with van der Waals surface area (Å²) in [6.07, 6.45) is 3.01. The van der Waals surface area contributed by atoms with Crippen LogP contribution in [0.2, 0.25) is 0 Å². The summed E-state index contributed by atoms with van der Waals surface area (Å²) >= 11 is 0. The van der Waals surface area contributed by atoms with Crippen molar-refractivity contribution < 1.29 is 9.53 Å². The lowest BCUT2D eigenvalue weighted by Gasteiger charge is -2.22. The topological polar surface area (TPSA) is 50.4 Å². The van der Waals surface area contributed by atoms with Crippen LogP contribution in [0.1, 0.15) is 26.2 Å². The molecule has 19 heavy (non-hydrogen) atoms. The number of hydrogen-bond acceptors (Lipinski definition) is 3.